The summed E-state index contributed by atoms with van der Waals surface area (Å²) in [6.45, 7) is 8.03. The van der Waals surface area contributed by atoms with Gasteiger partial charge in [-0.15, -0.1) is 0 Å². The molecule has 0 saturated carbocycles. The molecule has 1 aromatic carbocycles. The molecule has 0 radical (unpaired) electrons. The molecule has 1 aliphatic heterocycles. The molecule has 2 heterocycles. The van der Waals surface area contributed by atoms with Crippen molar-refractivity contribution in [3.8, 4) is 0 Å². The van der Waals surface area contributed by atoms with Crippen molar-refractivity contribution >= 4 is 29.5 Å². The van der Waals surface area contributed by atoms with Crippen molar-refractivity contribution in [2.75, 3.05) is 7.11 Å². The van der Waals surface area contributed by atoms with Crippen molar-refractivity contribution in [3.05, 3.63) is 23.9 Å². The van der Waals surface area contributed by atoms with E-state index >= 15 is 0 Å². The van der Waals surface area contributed by atoms with Crippen LogP contribution in [0.2, 0.25) is 0 Å². The van der Waals surface area contributed by atoms with Crippen LogP contribution in [-0.2, 0) is 25.3 Å². The minimum atomic E-state index is -0.460. The van der Waals surface area contributed by atoms with E-state index in [-0.39, 0.29) is 12.4 Å². The number of fused-ring (bicyclic) bond motifs is 1. The number of ether oxygens (including phenoxy) is 1. The second-order valence-corrected chi connectivity index (χ2v) is 6.73. The van der Waals surface area contributed by atoms with Crippen LogP contribution in [0.5, 0.6) is 0 Å². The fraction of sp³-hybridized carbons (Fsp3) is 0.500. The molecule has 6 nitrogen and oxygen atoms in total. The molecule has 0 bridgehead atoms. The number of nitrogens with zero attached hydrogens (tertiary/aromatic N) is 1. The smallest absolute Gasteiger partial charge is 0.469 e. The molecule has 0 aliphatic carbocycles. The maximum Gasteiger partial charge on any atom is 0.494 e. The van der Waals surface area contributed by atoms with Crippen LogP contribution in [-0.4, -0.2) is 36.6 Å². The van der Waals surface area contributed by atoms with Gasteiger partial charge in [-0.1, -0.05) is 11.2 Å². The second kappa shape index (κ2) is 5.35. The molecule has 1 fully saturated rings. The van der Waals surface area contributed by atoms with Crippen LogP contribution in [0.15, 0.2) is 22.7 Å². The van der Waals surface area contributed by atoms with Crippen LogP contribution in [0.3, 0.4) is 0 Å². The van der Waals surface area contributed by atoms with Gasteiger partial charge in [0.25, 0.3) is 0 Å². The predicted molar refractivity (Wildman–Crippen MR) is 85.4 cm³/mol. The number of rotatable bonds is 3. The normalized spacial score (nSPS) is 19.3. The zero-order valence-electron chi connectivity index (χ0n) is 14.0. The third-order valence-electron chi connectivity index (χ3n) is 4.64. The number of hydrogen-bond donors (Lipinski definition) is 0. The van der Waals surface area contributed by atoms with Gasteiger partial charge < -0.3 is 18.6 Å². The van der Waals surface area contributed by atoms with Crippen molar-refractivity contribution in [1.82, 2.24) is 5.16 Å². The molecular weight excluding hydrogens is 297 g/mol. The fourth-order valence-corrected chi connectivity index (χ4v) is 2.47. The Bertz CT molecular complexity index is 736. The molecule has 2 aromatic rings. The van der Waals surface area contributed by atoms with Gasteiger partial charge in [0.1, 0.15) is 5.69 Å². The monoisotopic (exact) mass is 317 g/mol. The molecule has 1 aromatic heterocycles. The van der Waals surface area contributed by atoms with E-state index in [1.54, 1.807) is 0 Å². The highest BCUT2D eigenvalue weighted by Gasteiger charge is 2.51. The Labute approximate surface area is 135 Å². The summed E-state index contributed by atoms with van der Waals surface area (Å²) in [6.07, 6.45) is 0.0827. The van der Waals surface area contributed by atoms with Gasteiger partial charge in [0.2, 0.25) is 0 Å². The van der Waals surface area contributed by atoms with Crippen molar-refractivity contribution in [1.29, 1.82) is 0 Å². The predicted octanol–water partition coefficient (Wildman–Crippen LogP) is 1.84. The highest BCUT2D eigenvalue weighted by atomic mass is 16.7. The lowest BCUT2D eigenvalue weighted by molar-refractivity contribution is -0.139. The summed E-state index contributed by atoms with van der Waals surface area (Å²) in [6, 6.07) is 5.61. The average Bonchev–Trinajstić information content (AvgIpc) is 2.97. The van der Waals surface area contributed by atoms with E-state index in [0.29, 0.717) is 11.3 Å². The van der Waals surface area contributed by atoms with E-state index < -0.39 is 18.3 Å². The van der Waals surface area contributed by atoms with Crippen LogP contribution in [0.25, 0.3) is 11.0 Å². The largest absolute Gasteiger partial charge is 0.494 e. The lowest BCUT2D eigenvalue weighted by Crippen LogP contribution is -2.41. The van der Waals surface area contributed by atoms with E-state index in [9.17, 15) is 4.79 Å². The average molecular weight is 317 g/mol. The highest BCUT2D eigenvalue weighted by molar-refractivity contribution is 6.62. The van der Waals surface area contributed by atoms with Gasteiger partial charge in [-0.3, -0.25) is 4.79 Å². The first-order valence-corrected chi connectivity index (χ1v) is 7.54. The van der Waals surface area contributed by atoms with E-state index in [1.807, 2.05) is 45.9 Å². The summed E-state index contributed by atoms with van der Waals surface area (Å²) in [4.78, 5) is 11.4. The molecule has 23 heavy (non-hydrogen) atoms. The van der Waals surface area contributed by atoms with Gasteiger partial charge in [0.15, 0.2) is 5.58 Å². The Morgan fingerprint density at radius 3 is 2.48 bits per heavy atom. The zero-order chi connectivity index (χ0) is 16.8. The molecule has 0 spiro atoms. The minimum absolute atomic E-state index is 0.0827. The van der Waals surface area contributed by atoms with E-state index in [2.05, 4.69) is 9.89 Å². The maximum atomic E-state index is 11.4. The number of carbonyl (C=O) groups is 1. The summed E-state index contributed by atoms with van der Waals surface area (Å²) in [5.41, 5.74) is 1.22. The van der Waals surface area contributed by atoms with Crippen molar-refractivity contribution < 1.29 is 23.4 Å². The number of aromatic nitrogens is 1. The molecule has 1 saturated heterocycles. The Balaban J connectivity index is 1.89. The Morgan fingerprint density at radius 2 is 1.87 bits per heavy atom. The molecule has 0 N–H and O–H groups in total. The summed E-state index contributed by atoms with van der Waals surface area (Å²) < 4.78 is 22.1. The van der Waals surface area contributed by atoms with Gasteiger partial charge in [-0.25, -0.2) is 0 Å². The number of carbonyl (C=O) groups excluding carboxylic acids is 1. The number of hydrogen-bond acceptors (Lipinski definition) is 6. The summed E-state index contributed by atoms with van der Waals surface area (Å²) >= 11 is 0. The SMILES string of the molecule is COC(=O)Cc1noc2cc(B3OC(C)(C)C(C)(C)O3)ccc12. The van der Waals surface area contributed by atoms with E-state index in [0.717, 1.165) is 10.8 Å². The van der Waals surface area contributed by atoms with Crippen molar-refractivity contribution in [3.63, 3.8) is 0 Å². The molecule has 7 heteroatoms. The molecule has 0 atom stereocenters. The molecule has 3 rings (SSSR count). The fourth-order valence-electron chi connectivity index (χ4n) is 2.47. The van der Waals surface area contributed by atoms with Gasteiger partial charge in [-0.05, 0) is 45.3 Å². The Morgan fingerprint density at radius 1 is 1.22 bits per heavy atom. The third-order valence-corrected chi connectivity index (χ3v) is 4.64. The zero-order valence-corrected chi connectivity index (χ0v) is 14.0. The van der Waals surface area contributed by atoms with E-state index in [1.165, 1.54) is 7.11 Å². The quantitative estimate of drug-likeness (QED) is 0.635. The van der Waals surface area contributed by atoms with Crippen LogP contribution < -0.4 is 5.46 Å². The minimum Gasteiger partial charge on any atom is -0.469 e. The third kappa shape index (κ3) is 2.75. The van der Waals surface area contributed by atoms with Gasteiger partial charge in [0, 0.05) is 5.39 Å². The Kier molecular flexibility index (Phi) is 3.73. The topological polar surface area (TPSA) is 70.8 Å². The maximum absolute atomic E-state index is 11.4. The molecule has 122 valence electrons. The second-order valence-electron chi connectivity index (χ2n) is 6.73. The van der Waals surface area contributed by atoms with Crippen LogP contribution >= 0.6 is 0 Å². The first-order valence-electron chi connectivity index (χ1n) is 7.54. The summed E-state index contributed by atoms with van der Waals surface area (Å²) in [5, 5.41) is 4.74. The summed E-state index contributed by atoms with van der Waals surface area (Å²) in [7, 11) is 0.889. The first-order chi connectivity index (χ1) is 10.7. The van der Waals surface area contributed by atoms with Crippen LogP contribution in [0, 0.1) is 0 Å². The van der Waals surface area contributed by atoms with Crippen LogP contribution in [0.1, 0.15) is 33.4 Å². The van der Waals surface area contributed by atoms with Crippen molar-refractivity contribution in [2.24, 2.45) is 0 Å². The Hall–Kier alpha value is -1.86. The van der Waals surface area contributed by atoms with Gasteiger partial charge in [0.05, 0.1) is 24.7 Å². The van der Waals surface area contributed by atoms with Crippen LogP contribution in [0.4, 0.5) is 0 Å². The molecule has 1 aliphatic rings. The molecule has 0 unspecified atom stereocenters. The number of methoxy groups -OCH3 is 1. The summed E-state index contributed by atoms with van der Waals surface area (Å²) in [5.74, 6) is -0.352. The molecular formula is C16H20BNO5. The van der Waals surface area contributed by atoms with Crippen molar-refractivity contribution in [2.45, 2.75) is 45.3 Å². The van der Waals surface area contributed by atoms with Gasteiger partial charge in [-0.2, -0.15) is 0 Å². The lowest BCUT2D eigenvalue weighted by Gasteiger charge is -2.32. The molecule has 0 amide bonds. The van der Waals surface area contributed by atoms with E-state index in [4.69, 9.17) is 13.8 Å². The number of benzene rings is 1. The first kappa shape index (κ1) is 16.0. The van der Waals surface area contributed by atoms with Gasteiger partial charge >= 0.3 is 13.1 Å². The standard InChI is InChI=1S/C16H20BNO5/c1-15(2)16(3,4)23-17(22-15)10-6-7-11-12(9-14(19)20-5)18-21-13(11)8-10/h6-8H,9H2,1-5H3. The number of esters is 1. The lowest BCUT2D eigenvalue weighted by atomic mass is 9.79. The highest BCUT2D eigenvalue weighted by Crippen LogP contribution is 2.36.